The molecule has 0 saturated carbocycles. The molecule has 0 aliphatic heterocycles. The van der Waals surface area contributed by atoms with Crippen LogP contribution in [0.2, 0.25) is 5.02 Å². The number of hydrogen-bond acceptors (Lipinski definition) is 5. The number of benzene rings is 2. The summed E-state index contributed by atoms with van der Waals surface area (Å²) in [6, 6.07) is 15.1. The second kappa shape index (κ2) is 8.69. The monoisotopic (exact) mass is 445 g/mol. The molecule has 4 aromatic rings. The Labute approximate surface area is 190 Å². The van der Waals surface area contributed by atoms with Gasteiger partial charge in [0, 0.05) is 10.4 Å². The Bertz CT molecular complexity index is 1390. The zero-order valence-electron chi connectivity index (χ0n) is 17.8. The van der Waals surface area contributed by atoms with Gasteiger partial charge in [-0.2, -0.15) is 15.0 Å². The molecular weight excluding hydrogens is 426 g/mol. The third-order valence-corrected chi connectivity index (χ3v) is 5.52. The SMILES string of the molecule is Cc1cc(OCC(=O)Nc2c(C#N)cnn2-c2cc(C)c3cccc(C)c3n2)ccc1Cl. The van der Waals surface area contributed by atoms with Crippen molar-refractivity contribution in [1.29, 1.82) is 5.26 Å². The van der Waals surface area contributed by atoms with Gasteiger partial charge in [0.05, 0.1) is 11.7 Å². The van der Waals surface area contributed by atoms with Crippen LogP contribution < -0.4 is 10.1 Å². The molecule has 0 aliphatic carbocycles. The summed E-state index contributed by atoms with van der Waals surface area (Å²) in [5.74, 6) is 0.853. The number of ether oxygens (including phenoxy) is 1. The standard InChI is InChI=1S/C24H20ClN5O2/c1-14-5-4-6-19-15(2)10-21(28-23(14)19)30-24(17(11-26)12-27-30)29-22(31)13-32-18-7-8-20(25)16(3)9-18/h4-10,12H,13H2,1-3H3,(H,29,31). The molecule has 0 aliphatic rings. The number of aryl methyl sites for hydroxylation is 3. The maximum atomic E-state index is 12.6. The molecule has 160 valence electrons. The predicted octanol–water partition coefficient (Wildman–Crippen LogP) is 4.89. The summed E-state index contributed by atoms with van der Waals surface area (Å²) in [5.41, 5.74) is 3.96. The van der Waals surface area contributed by atoms with Crippen LogP contribution in [0.4, 0.5) is 5.82 Å². The molecule has 0 radical (unpaired) electrons. The summed E-state index contributed by atoms with van der Waals surface area (Å²) in [5, 5.41) is 18.2. The molecule has 4 rings (SSSR count). The van der Waals surface area contributed by atoms with E-state index in [0.717, 1.165) is 27.6 Å². The molecule has 2 aromatic heterocycles. The highest BCUT2D eigenvalue weighted by molar-refractivity contribution is 6.31. The summed E-state index contributed by atoms with van der Waals surface area (Å²) < 4.78 is 7.03. The third-order valence-electron chi connectivity index (χ3n) is 5.10. The van der Waals surface area contributed by atoms with Crippen molar-refractivity contribution in [2.24, 2.45) is 0 Å². The lowest BCUT2D eigenvalue weighted by atomic mass is 10.1. The summed E-state index contributed by atoms with van der Waals surface area (Å²) in [6.45, 7) is 5.59. The lowest BCUT2D eigenvalue weighted by molar-refractivity contribution is -0.118. The first-order valence-corrected chi connectivity index (χ1v) is 10.3. The number of rotatable bonds is 5. The Kier molecular flexibility index (Phi) is 5.80. The number of carbonyl (C=O) groups is 1. The van der Waals surface area contributed by atoms with Crippen molar-refractivity contribution >= 4 is 34.2 Å². The van der Waals surface area contributed by atoms with E-state index in [1.165, 1.54) is 10.9 Å². The number of halogens is 1. The zero-order valence-corrected chi connectivity index (χ0v) is 18.6. The fourth-order valence-electron chi connectivity index (χ4n) is 3.40. The normalized spacial score (nSPS) is 10.7. The van der Waals surface area contributed by atoms with E-state index >= 15 is 0 Å². The van der Waals surface area contributed by atoms with Crippen molar-refractivity contribution in [3.8, 4) is 17.6 Å². The van der Waals surface area contributed by atoms with Gasteiger partial charge in [-0.05, 0) is 61.7 Å². The van der Waals surface area contributed by atoms with Crippen molar-refractivity contribution in [1.82, 2.24) is 14.8 Å². The van der Waals surface area contributed by atoms with Crippen LogP contribution in [0, 0.1) is 32.1 Å². The van der Waals surface area contributed by atoms with Gasteiger partial charge < -0.3 is 10.1 Å². The van der Waals surface area contributed by atoms with Crippen molar-refractivity contribution in [3.05, 3.63) is 75.9 Å². The van der Waals surface area contributed by atoms with Crippen LogP contribution in [0.3, 0.4) is 0 Å². The van der Waals surface area contributed by atoms with Crippen LogP contribution in [0.15, 0.2) is 48.7 Å². The minimum absolute atomic E-state index is 0.227. The van der Waals surface area contributed by atoms with E-state index in [-0.39, 0.29) is 18.0 Å². The smallest absolute Gasteiger partial charge is 0.263 e. The fraction of sp³-hybridized carbons (Fsp3) is 0.167. The fourth-order valence-corrected chi connectivity index (χ4v) is 3.52. The Balaban J connectivity index is 1.62. The molecular formula is C24H20ClN5O2. The molecule has 32 heavy (non-hydrogen) atoms. The predicted molar refractivity (Wildman–Crippen MR) is 123 cm³/mol. The van der Waals surface area contributed by atoms with Crippen molar-refractivity contribution < 1.29 is 9.53 Å². The number of anilines is 1. The lowest BCUT2D eigenvalue weighted by Crippen LogP contribution is -2.22. The van der Waals surface area contributed by atoms with E-state index in [4.69, 9.17) is 21.3 Å². The van der Waals surface area contributed by atoms with Crippen molar-refractivity contribution in [2.75, 3.05) is 11.9 Å². The van der Waals surface area contributed by atoms with E-state index in [9.17, 15) is 10.1 Å². The highest BCUT2D eigenvalue weighted by Crippen LogP contribution is 2.25. The topological polar surface area (TPSA) is 92.8 Å². The average molecular weight is 446 g/mol. The minimum atomic E-state index is -0.426. The van der Waals surface area contributed by atoms with E-state index < -0.39 is 5.91 Å². The first-order chi connectivity index (χ1) is 15.4. The van der Waals surface area contributed by atoms with Crippen molar-refractivity contribution in [2.45, 2.75) is 20.8 Å². The van der Waals surface area contributed by atoms with Crippen LogP contribution in [-0.2, 0) is 4.79 Å². The number of amides is 1. The molecule has 0 fully saturated rings. The largest absolute Gasteiger partial charge is 0.484 e. The highest BCUT2D eigenvalue weighted by Gasteiger charge is 2.17. The van der Waals surface area contributed by atoms with Crippen LogP contribution in [0.1, 0.15) is 22.3 Å². The summed E-state index contributed by atoms with van der Waals surface area (Å²) >= 11 is 6.02. The molecule has 2 heterocycles. The first kappa shape index (κ1) is 21.3. The molecule has 8 heteroatoms. The van der Waals surface area contributed by atoms with E-state index in [1.54, 1.807) is 18.2 Å². The Morgan fingerprint density at radius 2 is 1.97 bits per heavy atom. The molecule has 1 amide bonds. The molecule has 0 bridgehead atoms. The average Bonchev–Trinajstić information content (AvgIpc) is 3.17. The van der Waals surface area contributed by atoms with E-state index in [1.807, 2.05) is 45.0 Å². The van der Waals surface area contributed by atoms with Gasteiger partial charge in [0.25, 0.3) is 5.91 Å². The molecule has 7 nitrogen and oxygen atoms in total. The maximum absolute atomic E-state index is 12.6. The zero-order chi connectivity index (χ0) is 22.8. The van der Waals surface area contributed by atoms with E-state index in [0.29, 0.717) is 16.6 Å². The van der Waals surface area contributed by atoms with Gasteiger partial charge in [0.15, 0.2) is 18.2 Å². The number of para-hydroxylation sites is 1. The number of fused-ring (bicyclic) bond motifs is 1. The second-order valence-corrected chi connectivity index (χ2v) is 7.85. The van der Waals surface area contributed by atoms with Crippen LogP contribution in [-0.4, -0.2) is 27.3 Å². The minimum Gasteiger partial charge on any atom is -0.484 e. The number of pyridine rings is 1. The van der Waals surface area contributed by atoms with Gasteiger partial charge in [-0.25, -0.2) is 4.98 Å². The second-order valence-electron chi connectivity index (χ2n) is 7.45. The third kappa shape index (κ3) is 4.13. The maximum Gasteiger partial charge on any atom is 0.263 e. The molecule has 0 unspecified atom stereocenters. The van der Waals surface area contributed by atoms with Gasteiger partial charge in [0.2, 0.25) is 0 Å². The van der Waals surface area contributed by atoms with Crippen LogP contribution in [0.25, 0.3) is 16.7 Å². The lowest BCUT2D eigenvalue weighted by Gasteiger charge is -2.12. The molecule has 0 saturated heterocycles. The number of aromatic nitrogens is 3. The van der Waals surface area contributed by atoms with Gasteiger partial charge in [-0.3, -0.25) is 4.79 Å². The molecule has 2 aromatic carbocycles. The van der Waals surface area contributed by atoms with E-state index in [2.05, 4.69) is 16.5 Å². The Morgan fingerprint density at radius 1 is 1.16 bits per heavy atom. The highest BCUT2D eigenvalue weighted by atomic mass is 35.5. The summed E-state index contributed by atoms with van der Waals surface area (Å²) in [6.07, 6.45) is 1.40. The van der Waals surface area contributed by atoms with Gasteiger partial charge in [0.1, 0.15) is 17.4 Å². The Hall–Kier alpha value is -3.89. The Morgan fingerprint density at radius 3 is 2.72 bits per heavy atom. The van der Waals surface area contributed by atoms with Crippen LogP contribution >= 0.6 is 11.6 Å². The number of hydrogen-bond donors (Lipinski definition) is 1. The summed E-state index contributed by atoms with van der Waals surface area (Å²) in [7, 11) is 0. The summed E-state index contributed by atoms with van der Waals surface area (Å²) in [4.78, 5) is 17.3. The van der Waals surface area contributed by atoms with Gasteiger partial charge >= 0.3 is 0 Å². The number of nitrogens with zero attached hydrogens (tertiary/aromatic N) is 4. The first-order valence-electron chi connectivity index (χ1n) is 9.91. The number of nitrogens with one attached hydrogen (secondary N) is 1. The number of nitriles is 1. The molecule has 0 spiro atoms. The van der Waals surface area contributed by atoms with Crippen molar-refractivity contribution in [3.63, 3.8) is 0 Å². The van der Waals surface area contributed by atoms with Gasteiger partial charge in [-0.15, -0.1) is 0 Å². The van der Waals surface area contributed by atoms with Crippen LogP contribution in [0.5, 0.6) is 5.75 Å². The van der Waals surface area contributed by atoms with Gasteiger partial charge in [-0.1, -0.05) is 29.8 Å². The molecule has 0 atom stereocenters. The number of carbonyl (C=O) groups excluding carboxylic acids is 1. The quantitative estimate of drug-likeness (QED) is 0.472. The molecule has 1 N–H and O–H groups in total.